The lowest BCUT2D eigenvalue weighted by Crippen LogP contribution is -2.36. The molecule has 2 aliphatic rings. The Labute approximate surface area is 174 Å². The fourth-order valence-corrected chi connectivity index (χ4v) is 3.95. The van der Waals surface area contributed by atoms with Crippen molar-refractivity contribution in [1.29, 1.82) is 0 Å². The van der Waals surface area contributed by atoms with Crippen LogP contribution in [0.25, 0.3) is 0 Å². The van der Waals surface area contributed by atoms with E-state index in [0.29, 0.717) is 29.3 Å². The number of fused-ring (bicyclic) bond motifs is 1. The standard InChI is InChI=1S/C22H21ClN2O4/c1-24(12-15-5-2-3-7-19(15)23)20(26)14-8-9-17-18(11-14)22(28)25(21(17)27)13-16-6-4-10-29-16/h2-3,5,7-9,11,16H,4,6,10,12-13H2,1H3/t16-/m1/s1. The van der Waals surface area contributed by atoms with E-state index in [0.717, 1.165) is 18.4 Å². The number of imide groups is 1. The number of benzene rings is 2. The number of halogens is 1. The number of carbonyl (C=O) groups is 3. The molecule has 0 radical (unpaired) electrons. The Bertz CT molecular complexity index is 985. The zero-order valence-corrected chi connectivity index (χ0v) is 16.8. The highest BCUT2D eigenvalue weighted by Crippen LogP contribution is 2.27. The molecule has 0 spiro atoms. The van der Waals surface area contributed by atoms with Crippen LogP contribution in [-0.2, 0) is 11.3 Å². The zero-order chi connectivity index (χ0) is 20.5. The van der Waals surface area contributed by atoms with E-state index in [1.807, 2.05) is 18.2 Å². The first kappa shape index (κ1) is 19.6. The largest absolute Gasteiger partial charge is 0.376 e. The summed E-state index contributed by atoms with van der Waals surface area (Å²) in [6.45, 7) is 1.25. The van der Waals surface area contributed by atoms with Crippen molar-refractivity contribution in [2.45, 2.75) is 25.5 Å². The maximum absolute atomic E-state index is 12.9. The number of nitrogens with zero attached hydrogens (tertiary/aromatic N) is 2. The first-order valence-electron chi connectivity index (χ1n) is 9.56. The summed E-state index contributed by atoms with van der Waals surface area (Å²) in [5.41, 5.74) is 1.79. The van der Waals surface area contributed by atoms with Crippen molar-refractivity contribution in [2.75, 3.05) is 20.2 Å². The van der Waals surface area contributed by atoms with Gasteiger partial charge >= 0.3 is 0 Å². The van der Waals surface area contributed by atoms with E-state index in [1.165, 1.54) is 15.9 Å². The molecule has 1 saturated heterocycles. The van der Waals surface area contributed by atoms with E-state index in [9.17, 15) is 14.4 Å². The molecule has 150 valence electrons. The molecule has 1 fully saturated rings. The molecule has 7 heteroatoms. The van der Waals surface area contributed by atoms with Crippen LogP contribution in [0.5, 0.6) is 0 Å². The van der Waals surface area contributed by atoms with Gasteiger partial charge in [0.2, 0.25) is 0 Å². The van der Waals surface area contributed by atoms with Gasteiger partial charge in [0, 0.05) is 30.8 Å². The number of rotatable bonds is 5. The van der Waals surface area contributed by atoms with E-state index in [-0.39, 0.29) is 35.9 Å². The third-order valence-electron chi connectivity index (χ3n) is 5.34. The van der Waals surface area contributed by atoms with Crippen LogP contribution in [0.15, 0.2) is 42.5 Å². The molecule has 1 atom stereocenters. The number of hydrogen-bond donors (Lipinski definition) is 0. The van der Waals surface area contributed by atoms with Crippen LogP contribution in [0.2, 0.25) is 5.02 Å². The van der Waals surface area contributed by atoms with Crippen molar-refractivity contribution < 1.29 is 19.1 Å². The van der Waals surface area contributed by atoms with Crippen molar-refractivity contribution in [2.24, 2.45) is 0 Å². The average Bonchev–Trinajstić information content (AvgIpc) is 3.32. The maximum Gasteiger partial charge on any atom is 0.261 e. The van der Waals surface area contributed by atoms with Crippen LogP contribution in [0.3, 0.4) is 0 Å². The molecule has 2 aromatic carbocycles. The number of hydrogen-bond acceptors (Lipinski definition) is 4. The maximum atomic E-state index is 12.9. The van der Waals surface area contributed by atoms with Crippen LogP contribution in [0.1, 0.15) is 49.5 Å². The highest BCUT2D eigenvalue weighted by atomic mass is 35.5. The lowest BCUT2D eigenvalue weighted by Gasteiger charge is -2.18. The first-order chi connectivity index (χ1) is 14.0. The van der Waals surface area contributed by atoms with Crippen LogP contribution in [-0.4, -0.2) is 53.8 Å². The van der Waals surface area contributed by atoms with Crippen molar-refractivity contribution in [3.63, 3.8) is 0 Å². The third kappa shape index (κ3) is 3.78. The Morgan fingerprint density at radius 2 is 1.93 bits per heavy atom. The van der Waals surface area contributed by atoms with Gasteiger partial charge in [-0.3, -0.25) is 19.3 Å². The lowest BCUT2D eigenvalue weighted by molar-refractivity contribution is 0.0475. The second kappa shape index (κ2) is 7.97. The Hall–Kier alpha value is -2.70. The fraction of sp³-hybridized carbons (Fsp3) is 0.318. The Balaban J connectivity index is 1.52. The third-order valence-corrected chi connectivity index (χ3v) is 5.71. The summed E-state index contributed by atoms with van der Waals surface area (Å²) in [5.74, 6) is -0.946. The highest BCUT2D eigenvalue weighted by molar-refractivity contribution is 6.31. The van der Waals surface area contributed by atoms with E-state index in [2.05, 4.69) is 0 Å². The normalized spacial score (nSPS) is 18.3. The first-order valence-corrected chi connectivity index (χ1v) is 9.94. The van der Waals surface area contributed by atoms with E-state index in [1.54, 1.807) is 25.2 Å². The van der Waals surface area contributed by atoms with Crippen molar-refractivity contribution >= 4 is 29.3 Å². The minimum absolute atomic E-state index is 0.111. The Morgan fingerprint density at radius 3 is 2.66 bits per heavy atom. The summed E-state index contributed by atoms with van der Waals surface area (Å²) in [6.07, 6.45) is 1.66. The molecule has 0 unspecified atom stereocenters. The van der Waals surface area contributed by atoms with Crippen LogP contribution < -0.4 is 0 Å². The predicted octanol–water partition coefficient (Wildman–Crippen LogP) is 3.39. The molecular formula is C22H21ClN2O4. The minimum Gasteiger partial charge on any atom is -0.376 e. The van der Waals surface area contributed by atoms with Crippen molar-refractivity contribution in [3.8, 4) is 0 Å². The summed E-state index contributed by atoms with van der Waals surface area (Å²) in [6, 6.07) is 12.0. The van der Waals surface area contributed by atoms with Crippen molar-refractivity contribution in [3.05, 3.63) is 69.7 Å². The summed E-state index contributed by atoms with van der Waals surface area (Å²) < 4.78 is 5.55. The summed E-state index contributed by atoms with van der Waals surface area (Å²) in [7, 11) is 1.68. The molecular weight excluding hydrogens is 392 g/mol. The quantitative estimate of drug-likeness (QED) is 0.706. The Kier molecular flexibility index (Phi) is 5.39. The SMILES string of the molecule is CN(Cc1ccccc1Cl)C(=O)c1ccc2c(c1)C(=O)N(C[C@H]1CCCO1)C2=O. The van der Waals surface area contributed by atoms with Gasteiger partial charge in [-0.05, 0) is 42.7 Å². The molecule has 2 aromatic rings. The van der Waals surface area contributed by atoms with Gasteiger partial charge in [0.05, 0.1) is 23.8 Å². The number of amides is 3. The minimum atomic E-state index is -0.371. The summed E-state index contributed by atoms with van der Waals surface area (Å²) >= 11 is 6.18. The lowest BCUT2D eigenvalue weighted by atomic mass is 10.0. The molecule has 0 bridgehead atoms. The fourth-order valence-electron chi connectivity index (χ4n) is 3.76. The van der Waals surface area contributed by atoms with E-state index < -0.39 is 0 Å². The topological polar surface area (TPSA) is 66.9 Å². The van der Waals surface area contributed by atoms with Crippen molar-refractivity contribution in [1.82, 2.24) is 9.80 Å². The van der Waals surface area contributed by atoms with Crippen LogP contribution >= 0.6 is 11.6 Å². The molecule has 4 rings (SSSR count). The molecule has 0 saturated carbocycles. The second-order valence-corrected chi connectivity index (χ2v) is 7.78. The number of carbonyl (C=O) groups excluding carboxylic acids is 3. The summed E-state index contributed by atoms with van der Waals surface area (Å²) in [4.78, 5) is 41.0. The van der Waals surface area contributed by atoms with E-state index in [4.69, 9.17) is 16.3 Å². The Morgan fingerprint density at radius 1 is 1.17 bits per heavy atom. The molecule has 29 heavy (non-hydrogen) atoms. The average molecular weight is 413 g/mol. The van der Waals surface area contributed by atoms with Crippen LogP contribution in [0.4, 0.5) is 0 Å². The molecule has 0 aromatic heterocycles. The molecule has 0 aliphatic carbocycles. The van der Waals surface area contributed by atoms with Gasteiger partial charge < -0.3 is 9.64 Å². The molecule has 0 N–H and O–H groups in total. The molecule has 6 nitrogen and oxygen atoms in total. The van der Waals surface area contributed by atoms with Crippen LogP contribution in [0, 0.1) is 0 Å². The highest BCUT2D eigenvalue weighted by Gasteiger charge is 2.38. The van der Waals surface area contributed by atoms with Gasteiger partial charge in [-0.1, -0.05) is 29.8 Å². The predicted molar refractivity (Wildman–Crippen MR) is 108 cm³/mol. The van der Waals surface area contributed by atoms with Gasteiger partial charge in [-0.15, -0.1) is 0 Å². The number of ether oxygens (including phenoxy) is 1. The van der Waals surface area contributed by atoms with Gasteiger partial charge in [0.1, 0.15) is 0 Å². The smallest absolute Gasteiger partial charge is 0.261 e. The van der Waals surface area contributed by atoms with Gasteiger partial charge in [-0.25, -0.2) is 0 Å². The summed E-state index contributed by atoms with van der Waals surface area (Å²) in [5, 5.41) is 0.589. The molecule has 2 heterocycles. The van der Waals surface area contributed by atoms with Gasteiger partial charge in [0.15, 0.2) is 0 Å². The second-order valence-electron chi connectivity index (χ2n) is 7.37. The molecule has 3 amide bonds. The molecule has 2 aliphatic heterocycles. The zero-order valence-electron chi connectivity index (χ0n) is 16.1. The van der Waals surface area contributed by atoms with Gasteiger partial charge in [0.25, 0.3) is 17.7 Å². The van der Waals surface area contributed by atoms with Gasteiger partial charge in [-0.2, -0.15) is 0 Å². The monoisotopic (exact) mass is 412 g/mol. The van der Waals surface area contributed by atoms with E-state index >= 15 is 0 Å².